The number of nitro groups is 1. The second-order valence-corrected chi connectivity index (χ2v) is 4.61. The predicted octanol–water partition coefficient (Wildman–Crippen LogP) is 2.84. The van der Waals surface area contributed by atoms with Gasteiger partial charge < -0.3 is 5.11 Å². The van der Waals surface area contributed by atoms with E-state index >= 15 is 0 Å². The Balaban J connectivity index is 2.36. The van der Waals surface area contributed by atoms with Gasteiger partial charge in [-0.3, -0.25) is 10.1 Å². The van der Waals surface area contributed by atoms with Crippen LogP contribution in [0.2, 0.25) is 0 Å². The van der Waals surface area contributed by atoms with Crippen LogP contribution in [0.5, 0.6) is 0 Å². The molecule has 7 heteroatoms. The zero-order valence-electron chi connectivity index (χ0n) is 9.52. The van der Waals surface area contributed by atoms with Crippen LogP contribution in [-0.2, 0) is 0 Å². The molecule has 1 N–H and O–H groups in total. The van der Waals surface area contributed by atoms with Gasteiger partial charge in [-0.15, -0.1) is 0 Å². The molecule has 0 saturated heterocycles. The molecule has 0 spiro atoms. The van der Waals surface area contributed by atoms with Gasteiger partial charge in [0, 0.05) is 4.90 Å². The molecule has 0 aliphatic rings. The minimum atomic E-state index is -1.34. The van der Waals surface area contributed by atoms with Crippen molar-refractivity contribution in [3.05, 3.63) is 58.3 Å². The second-order valence-electron chi connectivity index (χ2n) is 3.52. The molecule has 2 rings (SSSR count). The first kappa shape index (κ1) is 13.0. The lowest BCUT2D eigenvalue weighted by atomic mass is 10.2. The molecule has 1 aromatic heterocycles. The highest BCUT2D eigenvalue weighted by molar-refractivity contribution is 7.99. The van der Waals surface area contributed by atoms with Gasteiger partial charge in [0.2, 0.25) is 0 Å². The van der Waals surface area contributed by atoms with Crippen LogP contribution in [0.4, 0.5) is 5.69 Å². The minimum absolute atomic E-state index is 0.363. The van der Waals surface area contributed by atoms with E-state index in [1.165, 1.54) is 17.8 Å². The third-order valence-corrected chi connectivity index (χ3v) is 3.19. The van der Waals surface area contributed by atoms with Gasteiger partial charge in [0.1, 0.15) is 16.8 Å². The summed E-state index contributed by atoms with van der Waals surface area (Å²) in [4.78, 5) is 25.7. The lowest BCUT2D eigenvalue weighted by molar-refractivity contribution is -0.385. The maximum Gasteiger partial charge on any atom is 0.342 e. The Kier molecular flexibility index (Phi) is 3.76. The van der Waals surface area contributed by atoms with Gasteiger partial charge >= 0.3 is 11.7 Å². The fourth-order valence-corrected chi connectivity index (χ4v) is 2.23. The highest BCUT2D eigenvalue weighted by Crippen LogP contribution is 2.28. The summed E-state index contributed by atoms with van der Waals surface area (Å²) in [7, 11) is 0. The molecule has 0 atom stereocenters. The van der Waals surface area contributed by atoms with Crippen molar-refractivity contribution in [2.75, 3.05) is 0 Å². The van der Waals surface area contributed by atoms with Crippen molar-refractivity contribution >= 4 is 23.4 Å². The van der Waals surface area contributed by atoms with Crippen molar-refractivity contribution in [3.63, 3.8) is 0 Å². The summed E-state index contributed by atoms with van der Waals surface area (Å²) in [6, 6.07) is 10.4. The van der Waals surface area contributed by atoms with Crippen LogP contribution in [0.1, 0.15) is 10.4 Å². The lowest BCUT2D eigenvalue weighted by Crippen LogP contribution is -2.03. The summed E-state index contributed by atoms with van der Waals surface area (Å²) >= 11 is 1.24. The predicted molar refractivity (Wildman–Crippen MR) is 68.4 cm³/mol. The Morgan fingerprint density at radius 2 is 2.00 bits per heavy atom. The third kappa shape index (κ3) is 3.08. The van der Waals surface area contributed by atoms with E-state index in [2.05, 4.69) is 4.98 Å². The summed E-state index contributed by atoms with van der Waals surface area (Å²) in [5.41, 5.74) is -0.872. The Morgan fingerprint density at radius 3 is 2.58 bits per heavy atom. The number of hydrogen-bond donors (Lipinski definition) is 1. The first-order chi connectivity index (χ1) is 9.08. The monoisotopic (exact) mass is 276 g/mol. The Bertz CT molecular complexity index is 631. The molecule has 19 heavy (non-hydrogen) atoms. The SMILES string of the molecule is O=C(O)c1cc(Sc2ccccc2)ncc1[N+](=O)[O-]. The molecule has 6 nitrogen and oxygen atoms in total. The average Bonchev–Trinajstić information content (AvgIpc) is 2.39. The maximum absolute atomic E-state index is 11.0. The number of benzene rings is 1. The van der Waals surface area contributed by atoms with Gasteiger partial charge in [-0.05, 0) is 18.2 Å². The number of pyridine rings is 1. The van der Waals surface area contributed by atoms with Crippen molar-refractivity contribution in [1.29, 1.82) is 0 Å². The second kappa shape index (κ2) is 5.49. The molecular weight excluding hydrogens is 268 g/mol. The van der Waals surface area contributed by atoms with Crippen LogP contribution in [0.25, 0.3) is 0 Å². The van der Waals surface area contributed by atoms with Crippen LogP contribution in [0.15, 0.2) is 52.5 Å². The van der Waals surface area contributed by atoms with E-state index in [0.29, 0.717) is 5.03 Å². The number of carboxylic acid groups (broad SMARTS) is 1. The molecule has 0 amide bonds. The molecule has 1 aromatic carbocycles. The summed E-state index contributed by atoms with van der Waals surface area (Å²) in [5.74, 6) is -1.34. The number of hydrogen-bond acceptors (Lipinski definition) is 5. The van der Waals surface area contributed by atoms with Crippen molar-refractivity contribution in [3.8, 4) is 0 Å². The zero-order valence-corrected chi connectivity index (χ0v) is 10.3. The number of carbonyl (C=O) groups is 1. The number of carboxylic acids is 1. The molecule has 2 aromatic rings. The summed E-state index contributed by atoms with van der Waals surface area (Å²) in [6.07, 6.45) is 0.967. The van der Waals surface area contributed by atoms with E-state index in [1.54, 1.807) is 0 Å². The fraction of sp³-hybridized carbons (Fsp3) is 0. The standard InChI is InChI=1S/C12H8N2O4S/c15-12(16)9-6-11(13-7-10(9)14(17)18)19-8-4-2-1-3-5-8/h1-7H,(H,15,16). The molecule has 0 saturated carbocycles. The third-order valence-electron chi connectivity index (χ3n) is 2.25. The Morgan fingerprint density at radius 1 is 1.32 bits per heavy atom. The number of aromatic carboxylic acids is 1. The first-order valence-corrected chi connectivity index (χ1v) is 6.00. The highest BCUT2D eigenvalue weighted by atomic mass is 32.2. The highest BCUT2D eigenvalue weighted by Gasteiger charge is 2.21. The van der Waals surface area contributed by atoms with Crippen molar-refractivity contribution < 1.29 is 14.8 Å². The fourth-order valence-electron chi connectivity index (χ4n) is 1.41. The van der Waals surface area contributed by atoms with E-state index in [9.17, 15) is 14.9 Å². The summed E-state index contributed by atoms with van der Waals surface area (Å²) in [5, 5.41) is 20.1. The molecule has 0 unspecified atom stereocenters. The first-order valence-electron chi connectivity index (χ1n) is 5.18. The van der Waals surface area contributed by atoms with Gasteiger partial charge in [0.25, 0.3) is 0 Å². The van der Waals surface area contributed by atoms with E-state index in [-0.39, 0.29) is 5.56 Å². The Labute approximate surface area is 112 Å². The quantitative estimate of drug-likeness (QED) is 0.681. The lowest BCUT2D eigenvalue weighted by Gasteiger charge is -2.02. The largest absolute Gasteiger partial charge is 0.477 e. The van der Waals surface area contributed by atoms with E-state index in [0.717, 1.165) is 11.1 Å². The molecule has 0 aliphatic heterocycles. The van der Waals surface area contributed by atoms with Crippen molar-refractivity contribution in [2.45, 2.75) is 9.92 Å². The number of rotatable bonds is 4. The minimum Gasteiger partial charge on any atom is -0.477 e. The van der Waals surface area contributed by atoms with Gasteiger partial charge in [-0.1, -0.05) is 30.0 Å². The smallest absolute Gasteiger partial charge is 0.342 e. The van der Waals surface area contributed by atoms with Crippen LogP contribution >= 0.6 is 11.8 Å². The van der Waals surface area contributed by atoms with Gasteiger partial charge in [-0.25, -0.2) is 9.78 Å². The zero-order chi connectivity index (χ0) is 13.8. The van der Waals surface area contributed by atoms with Crippen LogP contribution in [0.3, 0.4) is 0 Å². The summed E-state index contributed by atoms with van der Waals surface area (Å²) < 4.78 is 0. The molecule has 96 valence electrons. The van der Waals surface area contributed by atoms with Crippen molar-refractivity contribution in [1.82, 2.24) is 4.98 Å². The van der Waals surface area contributed by atoms with E-state index < -0.39 is 16.6 Å². The number of nitrogens with zero attached hydrogens (tertiary/aromatic N) is 2. The molecule has 1 heterocycles. The van der Waals surface area contributed by atoms with E-state index in [1.807, 2.05) is 30.3 Å². The van der Waals surface area contributed by atoms with Gasteiger partial charge in [0.15, 0.2) is 0 Å². The Hall–Kier alpha value is -2.41. The van der Waals surface area contributed by atoms with Crippen molar-refractivity contribution in [2.24, 2.45) is 0 Å². The van der Waals surface area contributed by atoms with Gasteiger partial charge in [0.05, 0.1) is 4.92 Å². The molecule has 0 fully saturated rings. The molecule has 0 bridgehead atoms. The molecule has 0 aliphatic carbocycles. The normalized spacial score (nSPS) is 10.1. The summed E-state index contributed by atoms with van der Waals surface area (Å²) in [6.45, 7) is 0. The maximum atomic E-state index is 11.0. The van der Waals surface area contributed by atoms with E-state index in [4.69, 9.17) is 5.11 Å². The van der Waals surface area contributed by atoms with Crippen LogP contribution in [0, 0.1) is 10.1 Å². The molecule has 0 radical (unpaired) electrons. The van der Waals surface area contributed by atoms with Crippen LogP contribution < -0.4 is 0 Å². The van der Waals surface area contributed by atoms with Crippen LogP contribution in [-0.4, -0.2) is 21.0 Å². The average molecular weight is 276 g/mol. The topological polar surface area (TPSA) is 93.3 Å². The molecular formula is C12H8N2O4S. The van der Waals surface area contributed by atoms with Gasteiger partial charge in [-0.2, -0.15) is 0 Å². The number of aromatic nitrogens is 1.